The molecule has 0 spiro atoms. The summed E-state index contributed by atoms with van der Waals surface area (Å²) in [5.74, 6) is 1.97. The number of hydrogen-bond donors (Lipinski definition) is 1. The Hall–Kier alpha value is -1.73. The maximum absolute atomic E-state index is 10.8. The molecule has 1 aromatic heterocycles. The lowest BCUT2D eigenvalue weighted by Crippen LogP contribution is -2.19. The van der Waals surface area contributed by atoms with Gasteiger partial charge in [0.25, 0.3) is 0 Å². The van der Waals surface area contributed by atoms with Crippen LogP contribution in [0.5, 0.6) is 0 Å². The number of carboxylic acids is 1. The molecule has 0 aliphatic heterocycles. The van der Waals surface area contributed by atoms with Crippen LogP contribution in [0.25, 0.3) is 0 Å². The predicted molar refractivity (Wildman–Crippen MR) is 62.9 cm³/mol. The zero-order valence-electron chi connectivity index (χ0n) is 8.77. The van der Waals surface area contributed by atoms with E-state index >= 15 is 0 Å². The summed E-state index contributed by atoms with van der Waals surface area (Å²) in [6.45, 7) is 0.600. The van der Waals surface area contributed by atoms with E-state index in [1.165, 1.54) is 12.1 Å². The minimum Gasteiger partial charge on any atom is -0.478 e. The highest BCUT2D eigenvalue weighted by molar-refractivity contribution is 6.29. The van der Waals surface area contributed by atoms with Crippen molar-refractivity contribution < 1.29 is 9.90 Å². The molecule has 0 fully saturated rings. The Balaban J connectivity index is 2.96. The summed E-state index contributed by atoms with van der Waals surface area (Å²) in [7, 11) is 1.78. The van der Waals surface area contributed by atoms with Gasteiger partial charge in [-0.1, -0.05) is 11.6 Å². The second-order valence-corrected chi connectivity index (χ2v) is 3.60. The maximum atomic E-state index is 10.8. The number of rotatable bonds is 4. The number of anilines is 1. The molecule has 4 nitrogen and oxygen atoms in total. The predicted octanol–water partition coefficient (Wildman–Crippen LogP) is 1.89. The van der Waals surface area contributed by atoms with Crippen molar-refractivity contribution in [1.82, 2.24) is 4.98 Å². The van der Waals surface area contributed by atoms with Crippen LogP contribution in [-0.2, 0) is 0 Å². The summed E-state index contributed by atoms with van der Waals surface area (Å²) in [6.07, 6.45) is 5.71. The van der Waals surface area contributed by atoms with E-state index in [-0.39, 0.29) is 10.7 Å². The molecule has 1 rings (SSSR count). The molecule has 0 atom stereocenters. The summed E-state index contributed by atoms with van der Waals surface area (Å²) in [5.41, 5.74) is 0.113. The fraction of sp³-hybridized carbons (Fsp3) is 0.273. The summed E-state index contributed by atoms with van der Waals surface area (Å²) >= 11 is 5.73. The molecule has 0 aromatic carbocycles. The molecule has 0 aliphatic rings. The molecule has 1 aromatic rings. The van der Waals surface area contributed by atoms with Crippen molar-refractivity contribution in [2.45, 2.75) is 6.42 Å². The normalized spacial score (nSPS) is 9.56. The first-order chi connectivity index (χ1) is 7.54. The molecule has 0 aliphatic carbocycles. The summed E-state index contributed by atoms with van der Waals surface area (Å²) in [6, 6.07) is 2.77. The minimum atomic E-state index is -1.03. The molecule has 1 heterocycles. The number of pyridine rings is 1. The van der Waals surface area contributed by atoms with E-state index in [1.807, 2.05) is 0 Å². The van der Waals surface area contributed by atoms with Gasteiger partial charge in [-0.25, -0.2) is 9.78 Å². The maximum Gasteiger partial charge on any atom is 0.335 e. The van der Waals surface area contributed by atoms with Crippen LogP contribution in [-0.4, -0.2) is 29.7 Å². The van der Waals surface area contributed by atoms with Crippen LogP contribution in [0.4, 0.5) is 5.82 Å². The topological polar surface area (TPSA) is 53.4 Å². The number of hydrogen-bond acceptors (Lipinski definition) is 3. The Labute approximate surface area is 98.9 Å². The first-order valence-electron chi connectivity index (χ1n) is 4.60. The number of carboxylic acid groups (broad SMARTS) is 1. The highest BCUT2D eigenvalue weighted by atomic mass is 35.5. The average molecular weight is 239 g/mol. The fourth-order valence-electron chi connectivity index (χ4n) is 1.15. The van der Waals surface area contributed by atoms with E-state index in [2.05, 4.69) is 10.9 Å². The van der Waals surface area contributed by atoms with Crippen molar-refractivity contribution in [3.8, 4) is 12.3 Å². The van der Waals surface area contributed by atoms with Crippen LogP contribution in [0.15, 0.2) is 12.1 Å². The van der Waals surface area contributed by atoms with Gasteiger partial charge in [-0.3, -0.25) is 0 Å². The smallest absolute Gasteiger partial charge is 0.335 e. The number of aromatic nitrogens is 1. The number of halogens is 1. The van der Waals surface area contributed by atoms with E-state index in [0.717, 1.165) is 0 Å². The molecule has 1 N–H and O–H groups in total. The summed E-state index contributed by atoms with van der Waals surface area (Å²) in [5, 5.41) is 9.01. The van der Waals surface area contributed by atoms with E-state index in [0.29, 0.717) is 18.8 Å². The molecule has 0 radical (unpaired) electrons. The average Bonchev–Trinajstić information content (AvgIpc) is 2.24. The van der Waals surface area contributed by atoms with Crippen LogP contribution in [0.3, 0.4) is 0 Å². The van der Waals surface area contributed by atoms with E-state index in [1.54, 1.807) is 11.9 Å². The van der Waals surface area contributed by atoms with E-state index in [9.17, 15) is 4.79 Å². The van der Waals surface area contributed by atoms with Gasteiger partial charge in [-0.2, -0.15) is 0 Å². The second kappa shape index (κ2) is 5.38. The molecule has 0 unspecified atom stereocenters. The van der Waals surface area contributed by atoms with Crippen molar-refractivity contribution >= 4 is 23.4 Å². The molecule has 0 saturated carbocycles. The first-order valence-corrected chi connectivity index (χ1v) is 4.98. The molecule has 16 heavy (non-hydrogen) atoms. The highest BCUT2D eigenvalue weighted by Gasteiger charge is 2.09. The van der Waals surface area contributed by atoms with E-state index < -0.39 is 5.97 Å². The van der Waals surface area contributed by atoms with Crippen molar-refractivity contribution in [2.75, 3.05) is 18.5 Å². The van der Waals surface area contributed by atoms with Gasteiger partial charge in [0.1, 0.15) is 11.0 Å². The van der Waals surface area contributed by atoms with Gasteiger partial charge in [-0.15, -0.1) is 12.3 Å². The van der Waals surface area contributed by atoms with Crippen molar-refractivity contribution in [1.29, 1.82) is 0 Å². The summed E-state index contributed by atoms with van der Waals surface area (Å²) in [4.78, 5) is 16.6. The third kappa shape index (κ3) is 3.14. The zero-order chi connectivity index (χ0) is 12.1. The van der Waals surface area contributed by atoms with Gasteiger partial charge in [0.2, 0.25) is 0 Å². The van der Waals surface area contributed by atoms with Gasteiger partial charge >= 0.3 is 5.97 Å². The molecule has 5 heteroatoms. The SMILES string of the molecule is C#CCCN(C)c1cc(C(=O)O)cc(Cl)n1. The molecule has 0 bridgehead atoms. The lowest BCUT2D eigenvalue weighted by atomic mass is 10.2. The Kier molecular flexibility index (Phi) is 4.15. The van der Waals surface area contributed by atoms with Gasteiger partial charge in [0.15, 0.2) is 0 Å². The van der Waals surface area contributed by atoms with Crippen LogP contribution >= 0.6 is 11.6 Å². The highest BCUT2D eigenvalue weighted by Crippen LogP contribution is 2.17. The summed E-state index contributed by atoms with van der Waals surface area (Å²) < 4.78 is 0. The third-order valence-corrected chi connectivity index (χ3v) is 2.20. The van der Waals surface area contributed by atoms with Gasteiger partial charge in [0.05, 0.1) is 5.56 Å². The van der Waals surface area contributed by atoms with Crippen molar-refractivity contribution in [3.63, 3.8) is 0 Å². The zero-order valence-corrected chi connectivity index (χ0v) is 9.53. The van der Waals surface area contributed by atoms with Gasteiger partial charge in [-0.05, 0) is 12.1 Å². The Morgan fingerprint density at radius 3 is 2.94 bits per heavy atom. The van der Waals surface area contributed by atoms with Crippen LogP contribution in [0.1, 0.15) is 16.8 Å². The molecule has 0 amide bonds. The monoisotopic (exact) mass is 238 g/mol. The van der Waals surface area contributed by atoms with Crippen LogP contribution < -0.4 is 4.90 Å². The minimum absolute atomic E-state index is 0.113. The van der Waals surface area contributed by atoms with Crippen LogP contribution in [0, 0.1) is 12.3 Å². The Bertz CT molecular complexity index is 440. The van der Waals surface area contributed by atoms with Crippen molar-refractivity contribution in [2.24, 2.45) is 0 Å². The number of nitrogens with zero attached hydrogens (tertiary/aromatic N) is 2. The van der Waals surface area contributed by atoms with E-state index in [4.69, 9.17) is 23.1 Å². The second-order valence-electron chi connectivity index (χ2n) is 3.22. The molecular weight excluding hydrogens is 228 g/mol. The van der Waals surface area contributed by atoms with Gasteiger partial charge in [0, 0.05) is 20.0 Å². The molecule has 84 valence electrons. The largest absolute Gasteiger partial charge is 0.478 e. The quantitative estimate of drug-likeness (QED) is 0.643. The lowest BCUT2D eigenvalue weighted by molar-refractivity contribution is 0.0697. The Morgan fingerprint density at radius 1 is 1.69 bits per heavy atom. The van der Waals surface area contributed by atoms with Gasteiger partial charge < -0.3 is 10.0 Å². The molecule has 0 saturated heterocycles. The first kappa shape index (κ1) is 12.3. The lowest BCUT2D eigenvalue weighted by Gasteiger charge is -2.17. The Morgan fingerprint density at radius 2 is 2.38 bits per heavy atom. The standard InChI is InChI=1S/C11H11ClN2O2/c1-3-4-5-14(2)10-7-8(11(15)16)6-9(12)13-10/h1,6-7H,4-5H2,2H3,(H,15,16). The third-order valence-electron chi connectivity index (χ3n) is 2.01. The number of carbonyl (C=O) groups is 1. The fourth-order valence-corrected chi connectivity index (χ4v) is 1.35. The number of terminal acetylenes is 1. The number of aromatic carboxylic acids is 1. The van der Waals surface area contributed by atoms with Crippen LogP contribution in [0.2, 0.25) is 5.15 Å². The van der Waals surface area contributed by atoms with Crippen molar-refractivity contribution in [3.05, 3.63) is 22.8 Å². The molecular formula is C11H11ClN2O2.